The average Bonchev–Trinajstić information content (AvgIpc) is 3.25. The van der Waals surface area contributed by atoms with Gasteiger partial charge in [0.25, 0.3) is 0 Å². The molecule has 22 heteroatoms. The molecule has 0 amide bonds. The maximum Gasteiger partial charge on any atom is 2.00 e. The van der Waals surface area contributed by atoms with E-state index in [0.29, 0.717) is 0 Å². The van der Waals surface area contributed by atoms with Crippen molar-refractivity contribution in [3.63, 3.8) is 0 Å². The Labute approximate surface area is 386 Å². The number of fused-ring (bicyclic) bond motifs is 2. The molecule has 0 bridgehead atoms. The van der Waals surface area contributed by atoms with E-state index >= 15 is 0 Å². The summed E-state index contributed by atoms with van der Waals surface area (Å²) in [6, 6.07) is 35.5. The zero-order chi connectivity index (χ0) is 43.6. The molecule has 0 atom stereocenters. The molecular weight excluding hydrogens is 922 g/mol. The molecule has 4 heterocycles. The van der Waals surface area contributed by atoms with Crippen LogP contribution < -0.4 is 30.4 Å². The molecule has 21 nitrogen and oxygen atoms in total. The van der Waals surface area contributed by atoms with Crippen LogP contribution in [-0.4, -0.2) is 81.7 Å². The van der Waals surface area contributed by atoms with Crippen LogP contribution in [0, 0.1) is 0 Å². The second-order valence-corrected chi connectivity index (χ2v) is 12.0. The van der Waals surface area contributed by atoms with Gasteiger partial charge in [0, 0.05) is 24.3 Å². The molecule has 0 unspecified atom stereocenters. The summed E-state index contributed by atoms with van der Waals surface area (Å²) < 4.78 is 0. The summed E-state index contributed by atoms with van der Waals surface area (Å²) >= 11 is 0. The average molecular weight is 964 g/mol. The number of carboxylic acids is 4. The summed E-state index contributed by atoms with van der Waals surface area (Å²) in [5, 5.41) is 81.0. The molecular formula is C44H42N4O17Zn. The number of pyridine rings is 4. The number of hydrogen-bond acceptors (Lipinski definition) is 14. The molecule has 0 saturated carbocycles. The Kier molecular flexibility index (Phi) is 28.6. The van der Waals surface area contributed by atoms with Gasteiger partial charge in [-0.2, -0.15) is 0 Å². The summed E-state index contributed by atoms with van der Waals surface area (Å²) in [7, 11) is 0. The van der Waals surface area contributed by atoms with Gasteiger partial charge in [-0.1, -0.05) is 36.4 Å². The first-order valence-electron chi connectivity index (χ1n) is 17.3. The quantitative estimate of drug-likeness (QED) is 0.125. The number of H-pyrrole nitrogens is 2. The number of aromatic amines is 2. The molecule has 66 heavy (non-hydrogen) atoms. The number of phenolic OH excluding ortho intramolecular Hbond substituents is 4. The van der Waals surface area contributed by atoms with Crippen LogP contribution in [0.1, 0.15) is 42.0 Å². The number of nitrogens with zero attached hydrogens (tertiary/aromatic N) is 2. The first-order valence-corrected chi connectivity index (χ1v) is 17.3. The van der Waals surface area contributed by atoms with Gasteiger partial charge in [-0.25, -0.2) is 19.9 Å². The fourth-order valence-electron chi connectivity index (χ4n) is 4.93. The van der Waals surface area contributed by atoms with Crippen LogP contribution >= 0.6 is 0 Å². The Hall–Kier alpha value is -8.50. The van der Waals surface area contributed by atoms with E-state index in [1.807, 2.05) is 49.1 Å². The van der Waals surface area contributed by atoms with Gasteiger partial charge in [0.15, 0.2) is 24.8 Å². The molecule has 16 N–H and O–H groups in total. The third kappa shape index (κ3) is 19.7. The van der Waals surface area contributed by atoms with Gasteiger partial charge in [0.1, 0.15) is 23.0 Å². The van der Waals surface area contributed by atoms with Crippen LogP contribution in [0.2, 0.25) is 0 Å². The predicted molar refractivity (Wildman–Crippen MR) is 223 cm³/mol. The van der Waals surface area contributed by atoms with Crippen molar-refractivity contribution < 1.29 is 117 Å². The van der Waals surface area contributed by atoms with Crippen LogP contribution in [0.3, 0.4) is 0 Å². The molecule has 4 aromatic heterocycles. The van der Waals surface area contributed by atoms with E-state index in [1.54, 1.807) is 48.5 Å². The van der Waals surface area contributed by atoms with E-state index < -0.39 is 46.7 Å². The van der Waals surface area contributed by atoms with Gasteiger partial charge in [-0.15, -0.1) is 0 Å². The fourth-order valence-corrected chi connectivity index (χ4v) is 4.93. The number of rotatable bonds is 5. The Balaban J connectivity index is -0.000000735. The Bertz CT molecular complexity index is 2430. The SMILES string of the molecule is O.O.O.O.O.O=C([O-])c1cccc(C(=O)[O-])n1.O=C([O-])c1cccc(C(=O)[O-])n1.Oc1ccc2ccc(O)cc2c1.Oc1ccc2ccc(O)cc2c1.[Zn+2].c1cc(-c2cc[nH+]cc2)cc[nH+]1. The normalized spacial score (nSPS) is 8.91. The van der Waals surface area contributed by atoms with Crippen molar-refractivity contribution >= 4 is 45.4 Å². The standard InChI is InChI=1S/C10H8N2.2C10H8O2.2C7H5NO4.5H2O.Zn/c1-5-11-6-2-9(1)10-3-7-12-8-4-10;2*11-9-3-1-7-2-4-10(12)6-8(7)5-9;2*9-6(10)4-2-1-3-5(8-4)7(11)12;;;;;;/h1-8H;2*1-6,11-12H;2*1-3H,(H,9,10)(H,11,12);5*1H2;/q;;;;;;;;;;+2/p-2. The van der Waals surface area contributed by atoms with Gasteiger partial charge in [-0.05, 0) is 105 Å². The molecule has 0 aliphatic rings. The smallest absolute Gasteiger partial charge is 0.543 e. The van der Waals surface area contributed by atoms with Crippen molar-refractivity contribution in [1.82, 2.24) is 9.97 Å². The van der Waals surface area contributed by atoms with E-state index in [2.05, 4.69) is 44.2 Å². The summed E-state index contributed by atoms with van der Waals surface area (Å²) in [5.74, 6) is -5.20. The summed E-state index contributed by atoms with van der Waals surface area (Å²) in [6.45, 7) is 0. The van der Waals surface area contributed by atoms with E-state index in [1.165, 1.54) is 23.3 Å². The second kappa shape index (κ2) is 30.5. The van der Waals surface area contributed by atoms with Crippen molar-refractivity contribution in [2.24, 2.45) is 0 Å². The second-order valence-electron chi connectivity index (χ2n) is 12.0. The Morgan fingerprint density at radius 3 is 0.803 bits per heavy atom. The van der Waals surface area contributed by atoms with Crippen LogP contribution in [0.25, 0.3) is 32.7 Å². The van der Waals surface area contributed by atoms with Gasteiger partial charge in [-0.3, -0.25) is 0 Å². The molecule has 8 aromatic rings. The molecule has 0 spiro atoms. The third-order valence-electron chi connectivity index (χ3n) is 7.72. The maximum absolute atomic E-state index is 10.2. The van der Waals surface area contributed by atoms with Crippen molar-refractivity contribution in [3.05, 3.63) is 181 Å². The number of carbonyl (C=O) groups excluding carboxylic acids is 4. The zero-order valence-electron chi connectivity index (χ0n) is 34.2. The number of benzene rings is 4. The van der Waals surface area contributed by atoms with Crippen molar-refractivity contribution in [2.75, 3.05) is 0 Å². The number of nitrogens with one attached hydrogen (secondary N) is 2. The monoisotopic (exact) mass is 962 g/mol. The fraction of sp³-hybridized carbons (Fsp3) is 0. The van der Waals surface area contributed by atoms with E-state index in [-0.39, 0.29) is 69.9 Å². The van der Waals surface area contributed by atoms with Crippen LogP contribution in [0.4, 0.5) is 0 Å². The number of carbonyl (C=O) groups is 4. The van der Waals surface area contributed by atoms with Gasteiger partial charge in [0.2, 0.25) is 0 Å². The Morgan fingerprint density at radius 2 is 0.591 bits per heavy atom. The number of aromatic nitrogens is 4. The molecule has 342 valence electrons. The van der Waals surface area contributed by atoms with E-state index in [9.17, 15) is 39.6 Å². The minimum absolute atomic E-state index is 0. The molecule has 0 radical (unpaired) electrons. The number of aromatic carboxylic acids is 4. The molecule has 0 aliphatic heterocycles. The number of hydrogen-bond donors (Lipinski definition) is 4. The minimum Gasteiger partial charge on any atom is -0.543 e. The largest absolute Gasteiger partial charge is 2.00 e. The zero-order valence-corrected chi connectivity index (χ0v) is 37.1. The number of aromatic hydroxyl groups is 4. The van der Waals surface area contributed by atoms with E-state index in [4.69, 9.17) is 20.4 Å². The van der Waals surface area contributed by atoms with Crippen molar-refractivity contribution in [2.45, 2.75) is 0 Å². The van der Waals surface area contributed by atoms with Gasteiger partial charge >= 0.3 is 19.5 Å². The molecule has 4 aromatic carbocycles. The number of carboxylic acid groups (broad SMARTS) is 4. The first kappa shape index (κ1) is 61.8. The molecule has 0 fully saturated rings. The summed E-state index contributed by atoms with van der Waals surface area (Å²) in [5.41, 5.74) is 0.771. The predicted octanol–water partition coefficient (Wildman–Crippen LogP) is -3.02. The van der Waals surface area contributed by atoms with Crippen molar-refractivity contribution in [3.8, 4) is 34.1 Å². The third-order valence-corrected chi connectivity index (χ3v) is 7.72. The Morgan fingerprint density at radius 1 is 0.364 bits per heavy atom. The number of phenols is 4. The summed E-state index contributed by atoms with van der Waals surface area (Å²) in [4.78, 5) is 53.2. The van der Waals surface area contributed by atoms with Crippen LogP contribution in [-0.2, 0) is 19.5 Å². The van der Waals surface area contributed by atoms with E-state index in [0.717, 1.165) is 45.8 Å². The van der Waals surface area contributed by atoms with Crippen LogP contribution in [0.5, 0.6) is 23.0 Å². The maximum atomic E-state index is 10.2. The molecule has 0 aliphatic carbocycles. The first-order chi connectivity index (χ1) is 28.7. The summed E-state index contributed by atoms with van der Waals surface area (Å²) in [6.07, 6.45) is 7.69. The van der Waals surface area contributed by atoms with Gasteiger partial charge in [0.05, 0.1) is 46.7 Å². The molecule has 0 saturated heterocycles. The van der Waals surface area contributed by atoms with Gasteiger partial charge < -0.3 is 87.4 Å². The minimum atomic E-state index is -1.52. The van der Waals surface area contributed by atoms with Crippen molar-refractivity contribution in [1.29, 1.82) is 0 Å². The molecule has 8 rings (SSSR count). The topological polar surface area (TPSA) is 453 Å². The van der Waals surface area contributed by atoms with Crippen LogP contribution in [0.15, 0.2) is 158 Å².